The molecular weight excluding hydrogens is 318 g/mol. The van der Waals surface area contributed by atoms with E-state index in [2.05, 4.69) is 16.0 Å². The van der Waals surface area contributed by atoms with Crippen LogP contribution in [0.1, 0.15) is 16.8 Å². The molecule has 0 aliphatic heterocycles. The minimum absolute atomic E-state index is 0.139. The molecule has 0 aromatic heterocycles. The minimum Gasteiger partial charge on any atom is -0.385 e. The van der Waals surface area contributed by atoms with E-state index in [1.165, 1.54) is 0 Å². The molecule has 0 atom stereocenters. The number of hydrogen-bond acceptors (Lipinski definition) is 4. The molecule has 2 aromatic carbocycles. The van der Waals surface area contributed by atoms with Crippen molar-refractivity contribution >= 4 is 23.2 Å². The molecule has 0 aliphatic carbocycles. The Bertz CT molecular complexity index is 672. The van der Waals surface area contributed by atoms with Crippen molar-refractivity contribution in [2.45, 2.75) is 6.42 Å². The maximum atomic E-state index is 12.0. The van der Waals surface area contributed by atoms with E-state index in [-0.39, 0.29) is 18.4 Å². The molecule has 0 radical (unpaired) electrons. The predicted octanol–water partition coefficient (Wildman–Crippen LogP) is 2.50. The lowest BCUT2D eigenvalue weighted by molar-refractivity contribution is -0.114. The van der Waals surface area contributed by atoms with Gasteiger partial charge in [0.15, 0.2) is 0 Å². The number of amides is 2. The molecule has 0 unspecified atom stereocenters. The summed E-state index contributed by atoms with van der Waals surface area (Å²) in [7, 11) is 1.63. The second kappa shape index (κ2) is 10.1. The average molecular weight is 341 g/mol. The van der Waals surface area contributed by atoms with Crippen LogP contribution in [0, 0.1) is 0 Å². The first-order chi connectivity index (χ1) is 12.2. The molecule has 2 amide bonds. The van der Waals surface area contributed by atoms with E-state index in [0.717, 1.165) is 12.1 Å². The van der Waals surface area contributed by atoms with Gasteiger partial charge < -0.3 is 20.7 Å². The van der Waals surface area contributed by atoms with Crippen molar-refractivity contribution in [1.29, 1.82) is 0 Å². The Morgan fingerprint density at radius 2 is 1.68 bits per heavy atom. The van der Waals surface area contributed by atoms with E-state index >= 15 is 0 Å². The Labute approximate surface area is 147 Å². The maximum absolute atomic E-state index is 12.0. The molecule has 6 nitrogen and oxygen atoms in total. The standard InChI is InChI=1S/C19H23N3O3/c1-25-13-5-12-20-19(24)15-8-10-17(11-9-15)22-18(23)14-21-16-6-3-2-4-7-16/h2-4,6-11,21H,5,12-14H2,1H3,(H,20,24)(H,22,23). The lowest BCUT2D eigenvalue weighted by Gasteiger charge is -2.09. The van der Waals surface area contributed by atoms with Crippen molar-refractivity contribution in [3.8, 4) is 0 Å². The molecule has 0 saturated carbocycles. The van der Waals surface area contributed by atoms with Gasteiger partial charge in [0.1, 0.15) is 0 Å². The van der Waals surface area contributed by atoms with Gasteiger partial charge in [-0.25, -0.2) is 0 Å². The zero-order chi connectivity index (χ0) is 17.9. The Balaban J connectivity index is 1.77. The van der Waals surface area contributed by atoms with Crippen LogP contribution in [0.4, 0.5) is 11.4 Å². The molecule has 0 bridgehead atoms. The summed E-state index contributed by atoms with van der Waals surface area (Å²) in [5.74, 6) is -0.291. The summed E-state index contributed by atoms with van der Waals surface area (Å²) >= 11 is 0. The van der Waals surface area contributed by atoms with Gasteiger partial charge >= 0.3 is 0 Å². The maximum Gasteiger partial charge on any atom is 0.251 e. The van der Waals surface area contributed by atoms with Gasteiger partial charge in [-0.1, -0.05) is 18.2 Å². The number of carbonyl (C=O) groups excluding carboxylic acids is 2. The van der Waals surface area contributed by atoms with Crippen LogP contribution in [-0.4, -0.2) is 38.6 Å². The van der Waals surface area contributed by atoms with Crippen LogP contribution in [0.2, 0.25) is 0 Å². The van der Waals surface area contributed by atoms with Gasteiger partial charge in [0.2, 0.25) is 5.91 Å². The first-order valence-corrected chi connectivity index (χ1v) is 8.15. The SMILES string of the molecule is COCCCNC(=O)c1ccc(NC(=O)CNc2ccccc2)cc1. The highest BCUT2D eigenvalue weighted by molar-refractivity contribution is 5.96. The average Bonchev–Trinajstić information content (AvgIpc) is 2.65. The highest BCUT2D eigenvalue weighted by Crippen LogP contribution is 2.10. The van der Waals surface area contributed by atoms with Crippen LogP contribution < -0.4 is 16.0 Å². The second-order valence-electron chi connectivity index (χ2n) is 5.45. The first kappa shape index (κ1) is 18.5. The molecule has 132 valence electrons. The summed E-state index contributed by atoms with van der Waals surface area (Å²) < 4.78 is 4.93. The minimum atomic E-state index is -0.152. The highest BCUT2D eigenvalue weighted by atomic mass is 16.5. The van der Waals surface area contributed by atoms with E-state index in [9.17, 15) is 9.59 Å². The van der Waals surface area contributed by atoms with Crippen LogP contribution in [0.5, 0.6) is 0 Å². The quantitative estimate of drug-likeness (QED) is 0.612. The number of methoxy groups -OCH3 is 1. The highest BCUT2D eigenvalue weighted by Gasteiger charge is 2.06. The van der Waals surface area contributed by atoms with Crippen LogP contribution in [0.3, 0.4) is 0 Å². The molecule has 0 heterocycles. The molecule has 0 spiro atoms. The number of carbonyl (C=O) groups is 2. The summed E-state index contributed by atoms with van der Waals surface area (Å²) in [6.07, 6.45) is 0.769. The Kier molecular flexibility index (Phi) is 7.46. The molecule has 0 saturated heterocycles. The third-order valence-corrected chi connectivity index (χ3v) is 3.47. The van der Waals surface area contributed by atoms with Crippen LogP contribution in [-0.2, 0) is 9.53 Å². The van der Waals surface area contributed by atoms with E-state index in [1.807, 2.05) is 30.3 Å². The van der Waals surface area contributed by atoms with E-state index in [0.29, 0.717) is 24.4 Å². The molecule has 2 aromatic rings. The smallest absolute Gasteiger partial charge is 0.251 e. The molecular formula is C19H23N3O3. The number of benzene rings is 2. The lowest BCUT2D eigenvalue weighted by Crippen LogP contribution is -2.25. The van der Waals surface area contributed by atoms with Crippen LogP contribution >= 0.6 is 0 Å². The van der Waals surface area contributed by atoms with Crippen molar-refractivity contribution in [2.75, 3.05) is 37.4 Å². The summed E-state index contributed by atoms with van der Waals surface area (Å²) in [6.45, 7) is 1.35. The summed E-state index contributed by atoms with van der Waals surface area (Å²) in [5, 5.41) is 8.65. The fourth-order valence-corrected chi connectivity index (χ4v) is 2.17. The van der Waals surface area contributed by atoms with Crippen LogP contribution in [0.15, 0.2) is 54.6 Å². The van der Waals surface area contributed by atoms with Gasteiger partial charge in [-0.05, 0) is 42.8 Å². The van der Waals surface area contributed by atoms with Gasteiger partial charge in [-0.15, -0.1) is 0 Å². The molecule has 25 heavy (non-hydrogen) atoms. The van der Waals surface area contributed by atoms with E-state index < -0.39 is 0 Å². The summed E-state index contributed by atoms with van der Waals surface area (Å²) in [5.41, 5.74) is 2.09. The molecule has 3 N–H and O–H groups in total. The van der Waals surface area contributed by atoms with E-state index in [1.54, 1.807) is 31.4 Å². The summed E-state index contributed by atoms with van der Waals surface area (Å²) in [6, 6.07) is 16.3. The molecule has 0 fully saturated rings. The normalized spacial score (nSPS) is 10.1. The Hall–Kier alpha value is -2.86. The fraction of sp³-hybridized carbons (Fsp3) is 0.263. The van der Waals surface area contributed by atoms with Crippen LogP contribution in [0.25, 0.3) is 0 Å². The lowest BCUT2D eigenvalue weighted by atomic mass is 10.2. The number of nitrogens with one attached hydrogen (secondary N) is 3. The van der Waals surface area contributed by atoms with Crippen molar-refractivity contribution < 1.29 is 14.3 Å². The number of hydrogen-bond donors (Lipinski definition) is 3. The zero-order valence-electron chi connectivity index (χ0n) is 14.2. The van der Waals surface area contributed by atoms with Gasteiger partial charge in [0, 0.05) is 37.2 Å². The molecule has 2 rings (SSSR count). The van der Waals surface area contributed by atoms with Gasteiger partial charge in [0.05, 0.1) is 6.54 Å². The molecule has 6 heteroatoms. The van der Waals surface area contributed by atoms with Crippen molar-refractivity contribution in [1.82, 2.24) is 5.32 Å². The van der Waals surface area contributed by atoms with Crippen molar-refractivity contribution in [2.24, 2.45) is 0 Å². The largest absolute Gasteiger partial charge is 0.385 e. The monoisotopic (exact) mass is 341 g/mol. The predicted molar refractivity (Wildman–Crippen MR) is 98.8 cm³/mol. The van der Waals surface area contributed by atoms with E-state index in [4.69, 9.17) is 4.74 Å². The topological polar surface area (TPSA) is 79.5 Å². The van der Waals surface area contributed by atoms with Crippen molar-refractivity contribution in [3.05, 3.63) is 60.2 Å². The zero-order valence-corrected chi connectivity index (χ0v) is 14.2. The van der Waals surface area contributed by atoms with Crippen molar-refractivity contribution in [3.63, 3.8) is 0 Å². The second-order valence-corrected chi connectivity index (χ2v) is 5.45. The third kappa shape index (κ3) is 6.64. The number of anilines is 2. The van der Waals surface area contributed by atoms with Gasteiger partial charge in [0.25, 0.3) is 5.91 Å². The summed E-state index contributed by atoms with van der Waals surface area (Å²) in [4.78, 5) is 23.9. The Morgan fingerprint density at radius 1 is 0.960 bits per heavy atom. The van der Waals surface area contributed by atoms with Gasteiger partial charge in [-0.2, -0.15) is 0 Å². The number of ether oxygens (including phenoxy) is 1. The van der Waals surface area contributed by atoms with Gasteiger partial charge in [-0.3, -0.25) is 9.59 Å². The fourth-order valence-electron chi connectivity index (χ4n) is 2.17. The Morgan fingerprint density at radius 3 is 2.36 bits per heavy atom. The number of rotatable bonds is 9. The first-order valence-electron chi connectivity index (χ1n) is 8.15. The molecule has 0 aliphatic rings. The number of para-hydroxylation sites is 1. The third-order valence-electron chi connectivity index (χ3n) is 3.47.